The van der Waals surface area contributed by atoms with E-state index in [1.165, 1.54) is 9.91 Å². The minimum Gasteiger partial charge on any atom is -0.462 e. The van der Waals surface area contributed by atoms with E-state index in [9.17, 15) is 24.3 Å². The number of aliphatic hydroxyl groups is 1. The van der Waals surface area contributed by atoms with Gasteiger partial charge in [-0.05, 0) is 91.5 Å². The lowest BCUT2D eigenvalue weighted by Crippen LogP contribution is -2.67. The van der Waals surface area contributed by atoms with Crippen molar-refractivity contribution in [1.82, 2.24) is 30.2 Å². The Morgan fingerprint density at radius 1 is 1.10 bits per heavy atom. The summed E-state index contributed by atoms with van der Waals surface area (Å²) in [5.41, 5.74) is 7.53. The molecule has 0 radical (unpaired) electrons. The molecule has 0 saturated carbocycles. The van der Waals surface area contributed by atoms with Crippen LogP contribution in [0.1, 0.15) is 90.7 Å². The minimum atomic E-state index is -2.20. The van der Waals surface area contributed by atoms with Crippen molar-refractivity contribution in [2.24, 2.45) is 17.3 Å². The number of nitrogens with zero attached hydrogens (tertiary/aromatic N) is 4. The van der Waals surface area contributed by atoms with Gasteiger partial charge in [0, 0.05) is 74.8 Å². The summed E-state index contributed by atoms with van der Waals surface area (Å²) in [6.07, 6.45) is 2.51. The van der Waals surface area contributed by atoms with Gasteiger partial charge >= 0.3 is 5.97 Å². The largest absolute Gasteiger partial charge is 0.462 e. The summed E-state index contributed by atoms with van der Waals surface area (Å²) in [6.45, 7) is 15.2. The zero-order chi connectivity index (χ0) is 45.4. The van der Waals surface area contributed by atoms with Crippen LogP contribution >= 0.6 is 0 Å². The summed E-state index contributed by atoms with van der Waals surface area (Å²) in [6, 6.07) is 16.3. The average molecular weight is 865 g/mol. The van der Waals surface area contributed by atoms with Crippen LogP contribution in [-0.4, -0.2) is 106 Å². The second-order valence-corrected chi connectivity index (χ2v) is 18.8. The number of rotatable bonds is 9. The van der Waals surface area contributed by atoms with Gasteiger partial charge in [0.05, 0.1) is 24.1 Å². The molecule has 6 atom stereocenters. The fraction of sp³-hybridized carbons (Fsp3) is 0.531. The summed E-state index contributed by atoms with van der Waals surface area (Å²) in [5, 5.41) is 17.1. The number of aryl methyl sites for hydroxylation is 1. The Hall–Kier alpha value is -5.15. The SMILES string of the molecule is CCn1c(-c2cccnc2[C@H](C)OC)c2c3cc(ccc31)-c1cccc(c1)C[C@H](NC(=O)[C@H](C(C)C)N(C)C(=O)[C@@H]1OCC[C@@H]1C)C(=O)N1CCC[C@@](O)(N1)C(=O)OCC(C)(C)C2. The van der Waals surface area contributed by atoms with Crippen molar-refractivity contribution in [3.63, 3.8) is 0 Å². The van der Waals surface area contributed by atoms with Gasteiger partial charge in [-0.25, -0.2) is 4.79 Å². The first kappa shape index (κ1) is 45.9. The molecule has 3 aliphatic heterocycles. The van der Waals surface area contributed by atoms with E-state index >= 15 is 0 Å². The van der Waals surface area contributed by atoms with Crippen molar-refractivity contribution >= 4 is 34.6 Å². The fourth-order valence-electron chi connectivity index (χ4n) is 9.56. The number of hydrogen-bond donors (Lipinski definition) is 3. The van der Waals surface area contributed by atoms with Gasteiger partial charge in [0.1, 0.15) is 18.2 Å². The van der Waals surface area contributed by atoms with Crippen molar-refractivity contribution in [3.8, 4) is 22.4 Å². The third-order valence-corrected chi connectivity index (χ3v) is 13.0. The van der Waals surface area contributed by atoms with Gasteiger partial charge < -0.3 is 34.1 Å². The number of pyridine rings is 1. The first-order valence-corrected chi connectivity index (χ1v) is 22.4. The second kappa shape index (κ2) is 18.5. The normalized spacial score (nSPS) is 23.9. The number of ether oxygens (including phenoxy) is 3. The van der Waals surface area contributed by atoms with E-state index in [4.69, 9.17) is 19.2 Å². The number of aromatic nitrogens is 2. The molecular formula is C49H64N6O8. The number of esters is 1. The van der Waals surface area contributed by atoms with E-state index in [0.29, 0.717) is 26.0 Å². The molecule has 3 amide bonds. The van der Waals surface area contributed by atoms with Gasteiger partial charge in [-0.1, -0.05) is 65.0 Å². The predicted molar refractivity (Wildman–Crippen MR) is 240 cm³/mol. The Morgan fingerprint density at radius 2 is 1.86 bits per heavy atom. The zero-order valence-corrected chi connectivity index (χ0v) is 38.2. The molecule has 3 N–H and O–H groups in total. The first-order chi connectivity index (χ1) is 30.0. The molecule has 4 aromatic rings. The van der Waals surface area contributed by atoms with Gasteiger partial charge in [-0.15, -0.1) is 0 Å². The molecule has 5 heterocycles. The zero-order valence-electron chi connectivity index (χ0n) is 38.2. The molecule has 338 valence electrons. The third-order valence-electron chi connectivity index (χ3n) is 13.0. The number of nitrogens with one attached hydrogen (secondary N) is 2. The number of likely N-dealkylation sites (N-methyl/N-ethyl adjacent to an activating group) is 1. The highest BCUT2D eigenvalue weighted by atomic mass is 16.6. The average Bonchev–Trinajstić information content (AvgIpc) is 3.83. The summed E-state index contributed by atoms with van der Waals surface area (Å²) in [4.78, 5) is 62.9. The van der Waals surface area contributed by atoms with Crippen molar-refractivity contribution in [1.29, 1.82) is 0 Å². The Labute approximate surface area is 370 Å². The molecule has 3 aliphatic rings. The number of cyclic esters (lactones) is 1. The Bertz CT molecular complexity index is 2360. The van der Waals surface area contributed by atoms with Crippen LogP contribution in [0.4, 0.5) is 0 Å². The molecule has 2 fully saturated rings. The minimum absolute atomic E-state index is 0.00720. The molecule has 6 bridgehead atoms. The van der Waals surface area contributed by atoms with Crippen LogP contribution in [-0.2, 0) is 52.8 Å². The van der Waals surface area contributed by atoms with Crippen molar-refractivity contribution in [2.45, 2.75) is 117 Å². The predicted octanol–water partition coefficient (Wildman–Crippen LogP) is 5.97. The lowest BCUT2D eigenvalue weighted by Gasteiger charge is -2.40. The molecule has 14 heteroatoms. The van der Waals surface area contributed by atoms with Gasteiger partial charge in [0.2, 0.25) is 11.6 Å². The number of fused-ring (bicyclic) bond motifs is 6. The second-order valence-electron chi connectivity index (χ2n) is 18.8. The third kappa shape index (κ3) is 9.27. The number of carbonyl (C=O) groups is 4. The molecule has 2 saturated heterocycles. The highest BCUT2D eigenvalue weighted by molar-refractivity contribution is 5.96. The number of hydrazine groups is 1. The van der Waals surface area contributed by atoms with Crippen molar-refractivity contribution in [3.05, 3.63) is 77.6 Å². The van der Waals surface area contributed by atoms with E-state index in [2.05, 4.69) is 46.5 Å². The van der Waals surface area contributed by atoms with Crippen LogP contribution in [0.3, 0.4) is 0 Å². The van der Waals surface area contributed by atoms with Crippen molar-refractivity contribution in [2.75, 3.05) is 33.9 Å². The van der Waals surface area contributed by atoms with Crippen LogP contribution in [0.15, 0.2) is 60.8 Å². The number of amides is 3. The van der Waals surface area contributed by atoms with E-state index in [1.54, 1.807) is 20.4 Å². The molecule has 2 aromatic carbocycles. The topological polar surface area (TPSA) is 165 Å². The summed E-state index contributed by atoms with van der Waals surface area (Å²) in [5.74, 6) is -2.51. The van der Waals surface area contributed by atoms with E-state index < -0.39 is 47.1 Å². The summed E-state index contributed by atoms with van der Waals surface area (Å²) >= 11 is 0. The van der Waals surface area contributed by atoms with E-state index in [0.717, 1.165) is 56.5 Å². The molecule has 2 aromatic heterocycles. The van der Waals surface area contributed by atoms with Crippen LogP contribution in [0, 0.1) is 17.3 Å². The molecule has 0 spiro atoms. The monoisotopic (exact) mass is 864 g/mol. The highest BCUT2D eigenvalue weighted by Gasteiger charge is 2.46. The van der Waals surface area contributed by atoms with Crippen LogP contribution in [0.2, 0.25) is 0 Å². The fourth-order valence-corrected chi connectivity index (χ4v) is 9.56. The number of methoxy groups -OCH3 is 1. The van der Waals surface area contributed by atoms with Crippen LogP contribution in [0.5, 0.6) is 0 Å². The Morgan fingerprint density at radius 3 is 2.56 bits per heavy atom. The Kier molecular flexibility index (Phi) is 13.5. The van der Waals surface area contributed by atoms with Gasteiger partial charge in [0.15, 0.2) is 0 Å². The first-order valence-electron chi connectivity index (χ1n) is 22.4. The maximum atomic E-state index is 14.7. The van der Waals surface area contributed by atoms with Gasteiger partial charge in [-0.2, -0.15) is 5.43 Å². The van der Waals surface area contributed by atoms with E-state index in [1.807, 2.05) is 71.9 Å². The van der Waals surface area contributed by atoms with Gasteiger partial charge in [-0.3, -0.25) is 24.4 Å². The molecule has 14 nitrogen and oxygen atoms in total. The summed E-state index contributed by atoms with van der Waals surface area (Å²) in [7, 11) is 3.28. The maximum Gasteiger partial charge on any atom is 0.355 e. The standard InChI is InChI=1S/C49H64N6O8/c1-10-54-39-18-17-34-26-36(39)37(42(54)35-16-12-21-50-40(35)31(5)61-9)27-48(6,7)28-63-47(59)49(60)20-13-22-55(52-49)45(57)38(25-32-14-11-15-33(34)24-32)51-44(56)41(29(2)3)53(8)46(58)43-30(4)19-23-62-43/h11-12,14-18,21,24,26,29-31,38,41,43,52,60H,10,13,19-20,22-23,25,27-28H2,1-9H3,(H,51,56)/t30-,31-,38-,41-,43+,49-/m0/s1. The Balaban J connectivity index is 1.34. The molecular weight excluding hydrogens is 801 g/mol. The molecule has 0 unspecified atom stereocenters. The molecule has 0 aliphatic carbocycles. The smallest absolute Gasteiger partial charge is 0.355 e. The van der Waals surface area contributed by atoms with E-state index in [-0.39, 0.29) is 49.8 Å². The highest BCUT2D eigenvalue weighted by Crippen LogP contribution is 2.42. The van der Waals surface area contributed by atoms with Crippen molar-refractivity contribution < 1.29 is 38.5 Å². The maximum absolute atomic E-state index is 14.7. The number of benzene rings is 2. The number of hydrogen-bond acceptors (Lipinski definition) is 10. The lowest BCUT2D eigenvalue weighted by molar-refractivity contribution is -0.189. The lowest BCUT2D eigenvalue weighted by atomic mass is 9.84. The van der Waals surface area contributed by atoms with Crippen LogP contribution < -0.4 is 10.7 Å². The van der Waals surface area contributed by atoms with Gasteiger partial charge in [0.25, 0.3) is 11.8 Å². The molecule has 63 heavy (non-hydrogen) atoms. The van der Waals surface area contributed by atoms with Crippen LogP contribution in [0.25, 0.3) is 33.3 Å². The number of carbonyl (C=O) groups excluding carboxylic acids is 4. The quantitative estimate of drug-likeness (QED) is 0.171. The summed E-state index contributed by atoms with van der Waals surface area (Å²) < 4.78 is 19.8. The molecule has 7 rings (SSSR count).